The molecule has 1 N–H and O–H groups in total. The number of nitrogens with one attached hydrogen (secondary N) is 1. The predicted octanol–water partition coefficient (Wildman–Crippen LogP) is 4.01. The summed E-state index contributed by atoms with van der Waals surface area (Å²) in [4.78, 5) is 8.88. The molecule has 0 bridgehead atoms. The summed E-state index contributed by atoms with van der Waals surface area (Å²) in [5.74, 6) is 1.18. The Hall–Kier alpha value is -2.69. The van der Waals surface area contributed by atoms with E-state index in [1.165, 1.54) is 5.56 Å². The van der Waals surface area contributed by atoms with Crippen molar-refractivity contribution in [2.75, 3.05) is 5.32 Å². The Balaban J connectivity index is 1.86. The maximum atomic E-state index is 4.69. The zero-order chi connectivity index (χ0) is 17.1. The zero-order valence-corrected chi connectivity index (χ0v) is 14.6. The molecule has 0 saturated heterocycles. The molecule has 3 aromatic rings. The number of aromatic nitrogens is 4. The third kappa shape index (κ3) is 3.15. The van der Waals surface area contributed by atoms with Crippen LogP contribution in [0, 0.1) is 13.8 Å². The van der Waals surface area contributed by atoms with E-state index in [9.17, 15) is 0 Å². The molecular formula is C19H23N5. The molecule has 0 spiro atoms. The van der Waals surface area contributed by atoms with Crippen molar-refractivity contribution in [2.24, 2.45) is 0 Å². The average molecular weight is 321 g/mol. The molecule has 0 aliphatic carbocycles. The minimum atomic E-state index is 0.329. The van der Waals surface area contributed by atoms with Crippen molar-refractivity contribution < 1.29 is 0 Å². The van der Waals surface area contributed by atoms with Gasteiger partial charge in [-0.25, -0.2) is 9.67 Å². The van der Waals surface area contributed by atoms with E-state index in [0.717, 1.165) is 28.6 Å². The van der Waals surface area contributed by atoms with Gasteiger partial charge in [-0.15, -0.1) is 0 Å². The molecular weight excluding hydrogens is 298 g/mol. The van der Waals surface area contributed by atoms with Crippen LogP contribution in [-0.2, 0) is 6.54 Å². The van der Waals surface area contributed by atoms with E-state index >= 15 is 0 Å². The fourth-order valence-corrected chi connectivity index (χ4v) is 2.83. The largest absolute Gasteiger partial charge is 0.364 e. The zero-order valence-electron chi connectivity index (χ0n) is 14.6. The number of benzene rings is 1. The maximum Gasteiger partial charge on any atom is 0.148 e. The van der Waals surface area contributed by atoms with E-state index in [-0.39, 0.29) is 0 Å². The molecule has 1 aromatic carbocycles. The van der Waals surface area contributed by atoms with Gasteiger partial charge in [0.2, 0.25) is 0 Å². The van der Waals surface area contributed by atoms with Gasteiger partial charge in [0, 0.05) is 30.2 Å². The second-order valence-electron chi connectivity index (χ2n) is 6.20. The van der Waals surface area contributed by atoms with Gasteiger partial charge in [-0.1, -0.05) is 32.0 Å². The van der Waals surface area contributed by atoms with Crippen LogP contribution in [-0.4, -0.2) is 19.7 Å². The molecule has 24 heavy (non-hydrogen) atoms. The lowest BCUT2D eigenvalue weighted by atomic mass is 10.1. The maximum absolute atomic E-state index is 4.69. The summed E-state index contributed by atoms with van der Waals surface area (Å²) in [6, 6.07) is 10.2. The summed E-state index contributed by atoms with van der Waals surface area (Å²) in [6.45, 7) is 9.08. The first-order valence-corrected chi connectivity index (χ1v) is 8.23. The first-order valence-electron chi connectivity index (χ1n) is 8.23. The second-order valence-corrected chi connectivity index (χ2v) is 6.20. The fourth-order valence-electron chi connectivity index (χ4n) is 2.83. The second kappa shape index (κ2) is 6.83. The topological polar surface area (TPSA) is 55.6 Å². The van der Waals surface area contributed by atoms with Crippen LogP contribution in [0.1, 0.15) is 42.4 Å². The van der Waals surface area contributed by atoms with Crippen molar-refractivity contribution in [3.63, 3.8) is 0 Å². The molecule has 0 amide bonds. The van der Waals surface area contributed by atoms with Crippen LogP contribution in [0.4, 0.5) is 5.82 Å². The summed E-state index contributed by atoms with van der Waals surface area (Å²) in [7, 11) is 0. The third-order valence-electron chi connectivity index (χ3n) is 4.15. The van der Waals surface area contributed by atoms with Crippen molar-refractivity contribution in [3.8, 4) is 5.69 Å². The minimum Gasteiger partial charge on any atom is -0.364 e. The fraction of sp³-hybridized carbons (Fsp3) is 0.316. The van der Waals surface area contributed by atoms with Crippen LogP contribution in [0.25, 0.3) is 5.69 Å². The molecule has 2 aromatic heterocycles. The van der Waals surface area contributed by atoms with Crippen LogP contribution >= 0.6 is 0 Å². The highest BCUT2D eigenvalue weighted by atomic mass is 15.3. The highest BCUT2D eigenvalue weighted by molar-refractivity contribution is 5.44. The van der Waals surface area contributed by atoms with Gasteiger partial charge >= 0.3 is 0 Å². The van der Waals surface area contributed by atoms with Gasteiger partial charge < -0.3 is 5.32 Å². The molecule has 0 unspecified atom stereocenters. The van der Waals surface area contributed by atoms with Gasteiger partial charge in [-0.3, -0.25) is 4.98 Å². The lowest BCUT2D eigenvalue weighted by Gasteiger charge is -2.12. The average Bonchev–Trinajstić information content (AvgIpc) is 2.88. The number of aryl methyl sites for hydroxylation is 1. The van der Waals surface area contributed by atoms with E-state index in [0.29, 0.717) is 12.5 Å². The number of rotatable bonds is 5. The Morgan fingerprint density at radius 2 is 1.75 bits per heavy atom. The minimum absolute atomic E-state index is 0.329. The molecule has 0 fully saturated rings. The molecule has 3 rings (SSSR count). The van der Waals surface area contributed by atoms with Crippen LogP contribution in [0.5, 0.6) is 0 Å². The Morgan fingerprint density at radius 3 is 2.46 bits per heavy atom. The van der Waals surface area contributed by atoms with Crippen molar-refractivity contribution in [1.82, 2.24) is 19.7 Å². The van der Waals surface area contributed by atoms with E-state index in [1.807, 2.05) is 29.8 Å². The van der Waals surface area contributed by atoms with Crippen molar-refractivity contribution in [3.05, 3.63) is 65.4 Å². The molecule has 2 heterocycles. The van der Waals surface area contributed by atoms with E-state index in [1.54, 1.807) is 12.4 Å². The third-order valence-corrected chi connectivity index (χ3v) is 4.15. The molecule has 0 aliphatic rings. The molecule has 0 aliphatic heterocycles. The van der Waals surface area contributed by atoms with Crippen molar-refractivity contribution in [2.45, 2.75) is 40.2 Å². The van der Waals surface area contributed by atoms with E-state index < -0.39 is 0 Å². The number of para-hydroxylation sites is 1. The molecule has 0 saturated carbocycles. The molecule has 0 radical (unpaired) electrons. The first kappa shape index (κ1) is 16.2. The summed E-state index contributed by atoms with van der Waals surface area (Å²) in [6.07, 6.45) is 3.46. The van der Waals surface area contributed by atoms with Gasteiger partial charge in [0.1, 0.15) is 5.82 Å². The summed E-state index contributed by atoms with van der Waals surface area (Å²) in [5, 5.41) is 8.12. The van der Waals surface area contributed by atoms with Gasteiger partial charge in [0.15, 0.2) is 0 Å². The number of nitrogens with zero attached hydrogens (tertiary/aromatic N) is 4. The van der Waals surface area contributed by atoms with Crippen LogP contribution < -0.4 is 5.32 Å². The monoisotopic (exact) mass is 321 g/mol. The normalized spacial score (nSPS) is 11.0. The molecule has 5 nitrogen and oxygen atoms in total. The van der Waals surface area contributed by atoms with Crippen molar-refractivity contribution >= 4 is 5.82 Å². The summed E-state index contributed by atoms with van der Waals surface area (Å²) >= 11 is 0. The standard InChI is InChI=1S/C19H23N5/c1-13(2)18-19(21-11-10-20-18)22-12-17-14(3)23-24(15(17)4)16-8-6-5-7-9-16/h5-11,13H,12H2,1-4H3,(H,21,22). The van der Waals surface area contributed by atoms with Gasteiger partial charge in [-0.05, 0) is 31.9 Å². The predicted molar refractivity (Wildman–Crippen MR) is 96.5 cm³/mol. The Labute approximate surface area is 142 Å². The summed E-state index contributed by atoms with van der Waals surface area (Å²) < 4.78 is 1.99. The molecule has 0 atom stereocenters. The van der Waals surface area contributed by atoms with E-state index in [2.05, 4.69) is 48.2 Å². The van der Waals surface area contributed by atoms with Gasteiger partial charge in [-0.2, -0.15) is 5.10 Å². The SMILES string of the molecule is Cc1nn(-c2ccccc2)c(C)c1CNc1nccnc1C(C)C. The highest BCUT2D eigenvalue weighted by Gasteiger charge is 2.14. The number of hydrogen-bond donors (Lipinski definition) is 1. The van der Waals surface area contributed by atoms with Crippen LogP contribution in [0.15, 0.2) is 42.7 Å². The lowest BCUT2D eigenvalue weighted by molar-refractivity contribution is 0.810. The number of anilines is 1. The lowest BCUT2D eigenvalue weighted by Crippen LogP contribution is -2.08. The highest BCUT2D eigenvalue weighted by Crippen LogP contribution is 2.22. The Morgan fingerprint density at radius 1 is 1.04 bits per heavy atom. The van der Waals surface area contributed by atoms with Crippen LogP contribution in [0.2, 0.25) is 0 Å². The Bertz CT molecular complexity index is 821. The van der Waals surface area contributed by atoms with Crippen molar-refractivity contribution in [1.29, 1.82) is 0 Å². The number of hydrogen-bond acceptors (Lipinski definition) is 4. The molecule has 124 valence electrons. The first-order chi connectivity index (χ1) is 11.6. The van der Waals surface area contributed by atoms with Gasteiger partial charge in [0.25, 0.3) is 0 Å². The smallest absolute Gasteiger partial charge is 0.148 e. The van der Waals surface area contributed by atoms with Gasteiger partial charge in [0.05, 0.1) is 17.1 Å². The Kier molecular flexibility index (Phi) is 4.60. The summed E-state index contributed by atoms with van der Waals surface area (Å²) in [5.41, 5.74) is 5.43. The quantitative estimate of drug-likeness (QED) is 0.771. The van der Waals surface area contributed by atoms with Crippen LogP contribution in [0.3, 0.4) is 0 Å². The molecule has 5 heteroatoms. The van der Waals surface area contributed by atoms with E-state index in [4.69, 9.17) is 5.10 Å².